The van der Waals surface area contributed by atoms with Gasteiger partial charge in [-0.2, -0.15) is 0 Å². The third kappa shape index (κ3) is 1.58. The molecular weight excluding hydrogens is 236 g/mol. The summed E-state index contributed by atoms with van der Waals surface area (Å²) in [6, 6.07) is 3.29. The fraction of sp³-hybridized carbons (Fsp3) is 0.333. The van der Waals surface area contributed by atoms with E-state index in [9.17, 15) is 5.11 Å². The summed E-state index contributed by atoms with van der Waals surface area (Å²) in [6.07, 6.45) is 0.863. The van der Waals surface area contributed by atoms with Crippen LogP contribution in [0, 0.1) is 0 Å². The Morgan fingerprint density at radius 2 is 2.00 bits per heavy atom. The number of phenolic OH excluding ortho intramolecular Hbond substituents is 1. The minimum Gasteiger partial charge on any atom is -0.507 e. The third-order valence-electron chi connectivity index (χ3n) is 1.83. The van der Waals surface area contributed by atoms with Crippen molar-refractivity contribution in [2.24, 2.45) is 0 Å². The SMILES string of the molecule is Oc1ccc2c(c1Br)OCCCO2. The van der Waals surface area contributed by atoms with Crippen LogP contribution in [-0.2, 0) is 0 Å². The van der Waals surface area contributed by atoms with Gasteiger partial charge >= 0.3 is 0 Å². The first-order chi connectivity index (χ1) is 6.29. The Kier molecular flexibility index (Phi) is 2.31. The monoisotopic (exact) mass is 244 g/mol. The largest absolute Gasteiger partial charge is 0.507 e. The quantitative estimate of drug-likeness (QED) is 0.762. The summed E-state index contributed by atoms with van der Waals surface area (Å²) in [4.78, 5) is 0. The molecule has 2 rings (SSSR count). The average Bonchev–Trinajstić information content (AvgIpc) is 2.36. The molecule has 1 aliphatic heterocycles. The molecule has 0 fully saturated rings. The van der Waals surface area contributed by atoms with Crippen molar-refractivity contribution >= 4 is 15.9 Å². The lowest BCUT2D eigenvalue weighted by molar-refractivity contribution is 0.296. The summed E-state index contributed by atoms with van der Waals surface area (Å²) < 4.78 is 11.4. The van der Waals surface area contributed by atoms with Crippen LogP contribution in [0.1, 0.15) is 6.42 Å². The highest BCUT2D eigenvalue weighted by atomic mass is 79.9. The van der Waals surface area contributed by atoms with Gasteiger partial charge in [-0.1, -0.05) is 0 Å². The maximum absolute atomic E-state index is 9.38. The predicted molar refractivity (Wildman–Crippen MR) is 51.4 cm³/mol. The molecule has 1 N–H and O–H groups in total. The van der Waals surface area contributed by atoms with Gasteiger partial charge in [0.05, 0.1) is 13.2 Å². The maximum Gasteiger partial charge on any atom is 0.179 e. The van der Waals surface area contributed by atoms with Gasteiger partial charge in [-0.15, -0.1) is 0 Å². The van der Waals surface area contributed by atoms with Gasteiger partial charge in [0, 0.05) is 6.42 Å². The number of rotatable bonds is 0. The third-order valence-corrected chi connectivity index (χ3v) is 2.60. The first-order valence-electron chi connectivity index (χ1n) is 4.06. The van der Waals surface area contributed by atoms with Crippen LogP contribution in [0.3, 0.4) is 0 Å². The maximum atomic E-state index is 9.38. The fourth-order valence-electron chi connectivity index (χ4n) is 1.19. The van der Waals surface area contributed by atoms with Crippen molar-refractivity contribution in [1.29, 1.82) is 0 Å². The zero-order valence-corrected chi connectivity index (χ0v) is 8.50. The molecule has 3 nitrogen and oxygen atoms in total. The Morgan fingerprint density at radius 1 is 1.23 bits per heavy atom. The van der Waals surface area contributed by atoms with Crippen molar-refractivity contribution in [3.05, 3.63) is 16.6 Å². The van der Waals surface area contributed by atoms with Crippen LogP contribution in [-0.4, -0.2) is 18.3 Å². The van der Waals surface area contributed by atoms with Crippen LogP contribution in [0.5, 0.6) is 17.2 Å². The van der Waals surface area contributed by atoms with Crippen LogP contribution < -0.4 is 9.47 Å². The number of hydrogen-bond donors (Lipinski definition) is 1. The lowest BCUT2D eigenvalue weighted by Crippen LogP contribution is -1.97. The van der Waals surface area contributed by atoms with E-state index in [-0.39, 0.29) is 5.75 Å². The first-order valence-corrected chi connectivity index (χ1v) is 4.85. The van der Waals surface area contributed by atoms with E-state index in [4.69, 9.17) is 9.47 Å². The Morgan fingerprint density at radius 3 is 2.85 bits per heavy atom. The van der Waals surface area contributed by atoms with E-state index >= 15 is 0 Å². The normalized spacial score (nSPS) is 15.2. The predicted octanol–water partition coefficient (Wildman–Crippen LogP) is 2.32. The van der Waals surface area contributed by atoms with Gasteiger partial charge in [0.25, 0.3) is 0 Å². The molecule has 0 unspecified atom stereocenters. The van der Waals surface area contributed by atoms with E-state index in [1.165, 1.54) is 0 Å². The Bertz CT molecular complexity index is 325. The highest BCUT2D eigenvalue weighted by Crippen LogP contribution is 2.41. The molecule has 0 radical (unpaired) electrons. The lowest BCUT2D eigenvalue weighted by Gasteiger charge is -2.09. The van der Waals surface area contributed by atoms with E-state index in [1.807, 2.05) is 0 Å². The summed E-state index contributed by atoms with van der Waals surface area (Å²) in [5, 5.41) is 9.38. The zero-order chi connectivity index (χ0) is 9.26. The fourth-order valence-corrected chi connectivity index (χ4v) is 1.63. The molecule has 70 valence electrons. The van der Waals surface area contributed by atoms with Crippen LogP contribution in [0.15, 0.2) is 16.6 Å². The van der Waals surface area contributed by atoms with Crippen molar-refractivity contribution in [3.8, 4) is 17.2 Å². The van der Waals surface area contributed by atoms with Crippen molar-refractivity contribution in [2.75, 3.05) is 13.2 Å². The Balaban J connectivity index is 2.48. The smallest absolute Gasteiger partial charge is 0.179 e. The van der Waals surface area contributed by atoms with Gasteiger partial charge in [-0.25, -0.2) is 0 Å². The van der Waals surface area contributed by atoms with Gasteiger partial charge in [0.1, 0.15) is 10.2 Å². The second-order valence-electron chi connectivity index (χ2n) is 2.78. The van der Waals surface area contributed by atoms with Crippen LogP contribution in [0.2, 0.25) is 0 Å². The molecule has 0 aliphatic carbocycles. The summed E-state index contributed by atoms with van der Waals surface area (Å²) >= 11 is 3.25. The minimum atomic E-state index is 0.171. The van der Waals surface area contributed by atoms with Gasteiger partial charge in [-0.05, 0) is 28.1 Å². The van der Waals surface area contributed by atoms with Crippen LogP contribution in [0.4, 0.5) is 0 Å². The van der Waals surface area contributed by atoms with Gasteiger partial charge < -0.3 is 14.6 Å². The van der Waals surface area contributed by atoms with E-state index < -0.39 is 0 Å². The van der Waals surface area contributed by atoms with Crippen LogP contribution >= 0.6 is 15.9 Å². The highest BCUT2D eigenvalue weighted by Gasteiger charge is 2.15. The van der Waals surface area contributed by atoms with Crippen molar-refractivity contribution < 1.29 is 14.6 Å². The molecule has 1 heterocycles. The summed E-state index contributed by atoms with van der Waals surface area (Å²) in [5.74, 6) is 1.45. The number of halogens is 1. The lowest BCUT2D eigenvalue weighted by atomic mass is 10.3. The molecule has 4 heteroatoms. The van der Waals surface area contributed by atoms with E-state index in [0.29, 0.717) is 29.2 Å². The van der Waals surface area contributed by atoms with Gasteiger partial charge in [-0.3, -0.25) is 0 Å². The van der Waals surface area contributed by atoms with Gasteiger partial charge in [0.15, 0.2) is 11.5 Å². The minimum absolute atomic E-state index is 0.171. The van der Waals surface area contributed by atoms with E-state index in [1.54, 1.807) is 12.1 Å². The molecule has 0 saturated heterocycles. The molecule has 1 aromatic carbocycles. The molecule has 0 amide bonds. The van der Waals surface area contributed by atoms with E-state index in [0.717, 1.165) is 6.42 Å². The number of aromatic hydroxyl groups is 1. The number of hydrogen-bond acceptors (Lipinski definition) is 3. The van der Waals surface area contributed by atoms with E-state index in [2.05, 4.69) is 15.9 Å². The number of benzene rings is 1. The highest BCUT2D eigenvalue weighted by molar-refractivity contribution is 9.10. The molecule has 0 bridgehead atoms. The molecule has 0 aromatic heterocycles. The van der Waals surface area contributed by atoms with Crippen molar-refractivity contribution in [2.45, 2.75) is 6.42 Å². The number of phenols is 1. The Labute approximate surface area is 84.4 Å². The molecular formula is C9H9BrO3. The first kappa shape index (κ1) is 8.69. The molecule has 13 heavy (non-hydrogen) atoms. The summed E-state index contributed by atoms with van der Waals surface area (Å²) in [6.45, 7) is 1.28. The second kappa shape index (κ2) is 3.46. The summed E-state index contributed by atoms with van der Waals surface area (Å²) in [7, 11) is 0. The van der Waals surface area contributed by atoms with Crippen LogP contribution in [0.25, 0.3) is 0 Å². The molecule has 1 aliphatic rings. The Hall–Kier alpha value is -0.900. The molecule has 0 atom stereocenters. The second-order valence-corrected chi connectivity index (χ2v) is 3.57. The van der Waals surface area contributed by atoms with Crippen molar-refractivity contribution in [3.63, 3.8) is 0 Å². The average molecular weight is 245 g/mol. The topological polar surface area (TPSA) is 38.7 Å². The molecule has 1 aromatic rings. The van der Waals surface area contributed by atoms with Crippen molar-refractivity contribution in [1.82, 2.24) is 0 Å². The summed E-state index contributed by atoms with van der Waals surface area (Å²) in [5.41, 5.74) is 0. The number of ether oxygens (including phenoxy) is 2. The zero-order valence-electron chi connectivity index (χ0n) is 6.92. The molecule has 0 spiro atoms. The number of fused-ring (bicyclic) bond motifs is 1. The molecule has 0 saturated carbocycles. The standard InChI is InChI=1S/C9H9BrO3/c10-8-6(11)2-3-7-9(8)13-5-1-4-12-7/h2-3,11H,1,4-5H2. The van der Waals surface area contributed by atoms with Gasteiger partial charge in [0.2, 0.25) is 0 Å².